The van der Waals surface area contributed by atoms with Gasteiger partial charge in [0.25, 0.3) is 0 Å². The standard InChI is InChI=1S/C15H21N3O/c1-11-18-14-9-13(4-5-15(14)19-11)17-8-6-12-3-2-7-16-10-12/h4-5,9,12,16-17H,2-3,6-8,10H2,1H3. The fraction of sp³-hybridized carbons (Fsp3) is 0.533. The number of benzene rings is 1. The van der Waals surface area contributed by atoms with E-state index >= 15 is 0 Å². The maximum absolute atomic E-state index is 5.48. The van der Waals surface area contributed by atoms with Crippen LogP contribution in [0.25, 0.3) is 11.1 Å². The maximum Gasteiger partial charge on any atom is 0.192 e. The molecule has 0 bridgehead atoms. The summed E-state index contributed by atoms with van der Waals surface area (Å²) in [6, 6.07) is 6.11. The van der Waals surface area contributed by atoms with Gasteiger partial charge in [-0.2, -0.15) is 0 Å². The van der Waals surface area contributed by atoms with Gasteiger partial charge in [0.15, 0.2) is 11.5 Å². The van der Waals surface area contributed by atoms with E-state index in [2.05, 4.69) is 27.8 Å². The molecule has 1 saturated heterocycles. The fourth-order valence-corrected chi connectivity index (χ4v) is 2.74. The summed E-state index contributed by atoms with van der Waals surface area (Å²) >= 11 is 0. The maximum atomic E-state index is 5.48. The predicted octanol–water partition coefficient (Wildman–Crippen LogP) is 2.94. The van der Waals surface area contributed by atoms with Crippen LogP contribution >= 0.6 is 0 Å². The Morgan fingerprint density at radius 2 is 2.42 bits per heavy atom. The normalized spacial score (nSPS) is 19.7. The summed E-state index contributed by atoms with van der Waals surface area (Å²) in [5.41, 5.74) is 2.92. The molecule has 2 heterocycles. The molecule has 0 radical (unpaired) electrons. The van der Waals surface area contributed by atoms with E-state index in [1.165, 1.54) is 32.4 Å². The molecule has 1 aromatic carbocycles. The second kappa shape index (κ2) is 5.61. The molecule has 1 unspecified atom stereocenters. The molecule has 2 aromatic rings. The molecular formula is C15H21N3O. The first-order valence-corrected chi connectivity index (χ1v) is 7.13. The molecule has 1 atom stereocenters. The van der Waals surface area contributed by atoms with Gasteiger partial charge in [-0.05, 0) is 56.5 Å². The number of nitrogens with zero attached hydrogens (tertiary/aromatic N) is 1. The summed E-state index contributed by atoms with van der Waals surface area (Å²) in [7, 11) is 0. The number of piperidine rings is 1. The number of oxazole rings is 1. The minimum Gasteiger partial charge on any atom is -0.441 e. The van der Waals surface area contributed by atoms with E-state index in [-0.39, 0.29) is 0 Å². The summed E-state index contributed by atoms with van der Waals surface area (Å²) in [4.78, 5) is 4.36. The van der Waals surface area contributed by atoms with Crippen LogP contribution in [0.2, 0.25) is 0 Å². The van der Waals surface area contributed by atoms with Crippen LogP contribution in [-0.4, -0.2) is 24.6 Å². The van der Waals surface area contributed by atoms with Crippen molar-refractivity contribution < 1.29 is 4.42 Å². The van der Waals surface area contributed by atoms with Gasteiger partial charge in [0.2, 0.25) is 0 Å². The van der Waals surface area contributed by atoms with Gasteiger partial charge in [-0.15, -0.1) is 0 Å². The lowest BCUT2D eigenvalue weighted by molar-refractivity contribution is 0.364. The van der Waals surface area contributed by atoms with Gasteiger partial charge in [0.05, 0.1) is 0 Å². The second-order valence-corrected chi connectivity index (χ2v) is 5.34. The van der Waals surface area contributed by atoms with Gasteiger partial charge < -0.3 is 15.1 Å². The highest BCUT2D eigenvalue weighted by Gasteiger charge is 2.12. The molecular weight excluding hydrogens is 238 g/mol. The van der Waals surface area contributed by atoms with Crippen LogP contribution in [-0.2, 0) is 0 Å². The van der Waals surface area contributed by atoms with Gasteiger partial charge >= 0.3 is 0 Å². The van der Waals surface area contributed by atoms with Crippen molar-refractivity contribution in [3.63, 3.8) is 0 Å². The Labute approximate surface area is 113 Å². The van der Waals surface area contributed by atoms with Gasteiger partial charge in [0.1, 0.15) is 5.52 Å². The molecule has 3 rings (SSSR count). The number of fused-ring (bicyclic) bond motifs is 1. The molecule has 1 aliphatic rings. The van der Waals surface area contributed by atoms with Gasteiger partial charge in [-0.1, -0.05) is 0 Å². The van der Waals surface area contributed by atoms with Crippen molar-refractivity contribution in [2.75, 3.05) is 25.0 Å². The SMILES string of the molecule is Cc1nc2cc(NCCC3CCCNC3)ccc2o1. The predicted molar refractivity (Wildman–Crippen MR) is 77.4 cm³/mol. The Bertz CT molecular complexity index is 543. The summed E-state index contributed by atoms with van der Waals surface area (Å²) in [5.74, 6) is 1.54. The Kier molecular flexibility index (Phi) is 3.69. The van der Waals surface area contributed by atoms with Crippen LogP contribution in [0, 0.1) is 12.8 Å². The quantitative estimate of drug-likeness (QED) is 0.886. The van der Waals surface area contributed by atoms with Crippen molar-refractivity contribution in [3.05, 3.63) is 24.1 Å². The molecule has 1 aliphatic heterocycles. The highest BCUT2D eigenvalue weighted by atomic mass is 16.3. The second-order valence-electron chi connectivity index (χ2n) is 5.34. The number of hydrogen-bond donors (Lipinski definition) is 2. The van der Waals surface area contributed by atoms with Crippen LogP contribution in [0.5, 0.6) is 0 Å². The lowest BCUT2D eigenvalue weighted by Gasteiger charge is -2.22. The minimum absolute atomic E-state index is 0.723. The van der Waals surface area contributed by atoms with Gasteiger partial charge in [-0.3, -0.25) is 0 Å². The molecule has 1 aromatic heterocycles. The molecule has 4 heteroatoms. The van der Waals surface area contributed by atoms with E-state index in [0.717, 1.165) is 35.1 Å². The molecule has 0 saturated carbocycles. The number of rotatable bonds is 4. The highest BCUT2D eigenvalue weighted by molar-refractivity contribution is 5.77. The summed E-state index contributed by atoms with van der Waals surface area (Å²) in [6.07, 6.45) is 3.90. The lowest BCUT2D eigenvalue weighted by Crippen LogP contribution is -2.30. The third-order valence-electron chi connectivity index (χ3n) is 3.78. The van der Waals surface area contributed by atoms with Crippen LogP contribution < -0.4 is 10.6 Å². The number of anilines is 1. The monoisotopic (exact) mass is 259 g/mol. The zero-order chi connectivity index (χ0) is 13.1. The van der Waals surface area contributed by atoms with Crippen molar-refractivity contribution in [1.82, 2.24) is 10.3 Å². The molecule has 4 nitrogen and oxygen atoms in total. The Morgan fingerprint density at radius 3 is 3.26 bits per heavy atom. The zero-order valence-electron chi connectivity index (χ0n) is 11.4. The molecule has 102 valence electrons. The van der Waals surface area contributed by atoms with Crippen molar-refractivity contribution in [1.29, 1.82) is 0 Å². The molecule has 19 heavy (non-hydrogen) atoms. The van der Waals surface area contributed by atoms with Crippen LogP contribution in [0.15, 0.2) is 22.6 Å². The first kappa shape index (κ1) is 12.5. The summed E-state index contributed by atoms with van der Waals surface area (Å²) < 4.78 is 5.48. The third kappa shape index (κ3) is 3.07. The van der Waals surface area contributed by atoms with Crippen molar-refractivity contribution in [2.45, 2.75) is 26.2 Å². The van der Waals surface area contributed by atoms with E-state index in [1.807, 2.05) is 13.0 Å². The Morgan fingerprint density at radius 1 is 1.47 bits per heavy atom. The van der Waals surface area contributed by atoms with Crippen LogP contribution in [0.1, 0.15) is 25.2 Å². The first-order valence-electron chi connectivity index (χ1n) is 7.13. The van der Waals surface area contributed by atoms with E-state index in [1.54, 1.807) is 0 Å². The average Bonchev–Trinajstić information content (AvgIpc) is 2.79. The van der Waals surface area contributed by atoms with Crippen molar-refractivity contribution in [2.24, 2.45) is 5.92 Å². The number of nitrogens with one attached hydrogen (secondary N) is 2. The largest absolute Gasteiger partial charge is 0.441 e. The Balaban J connectivity index is 1.55. The topological polar surface area (TPSA) is 50.1 Å². The van der Waals surface area contributed by atoms with E-state index in [4.69, 9.17) is 4.42 Å². The highest BCUT2D eigenvalue weighted by Crippen LogP contribution is 2.20. The van der Waals surface area contributed by atoms with Crippen LogP contribution in [0.4, 0.5) is 5.69 Å². The summed E-state index contributed by atoms with van der Waals surface area (Å²) in [6.45, 7) is 5.26. The van der Waals surface area contributed by atoms with Gasteiger partial charge in [0, 0.05) is 19.2 Å². The molecule has 2 N–H and O–H groups in total. The van der Waals surface area contributed by atoms with Crippen LogP contribution in [0.3, 0.4) is 0 Å². The summed E-state index contributed by atoms with van der Waals surface area (Å²) in [5, 5.41) is 6.94. The third-order valence-corrected chi connectivity index (χ3v) is 3.78. The number of aryl methyl sites for hydroxylation is 1. The molecule has 0 aliphatic carbocycles. The first-order chi connectivity index (χ1) is 9.31. The van der Waals surface area contributed by atoms with E-state index < -0.39 is 0 Å². The smallest absolute Gasteiger partial charge is 0.192 e. The van der Waals surface area contributed by atoms with E-state index in [9.17, 15) is 0 Å². The molecule has 0 amide bonds. The van der Waals surface area contributed by atoms with E-state index in [0.29, 0.717) is 0 Å². The average molecular weight is 259 g/mol. The van der Waals surface area contributed by atoms with Crippen molar-refractivity contribution >= 4 is 16.8 Å². The minimum atomic E-state index is 0.723. The van der Waals surface area contributed by atoms with Crippen molar-refractivity contribution in [3.8, 4) is 0 Å². The Hall–Kier alpha value is -1.55. The number of hydrogen-bond acceptors (Lipinski definition) is 4. The molecule has 1 fully saturated rings. The number of aromatic nitrogens is 1. The fourth-order valence-electron chi connectivity index (χ4n) is 2.74. The zero-order valence-corrected chi connectivity index (χ0v) is 11.4. The lowest BCUT2D eigenvalue weighted by atomic mass is 9.96. The van der Waals surface area contributed by atoms with Gasteiger partial charge in [-0.25, -0.2) is 4.98 Å². The molecule has 0 spiro atoms.